The van der Waals surface area contributed by atoms with Gasteiger partial charge in [-0.3, -0.25) is 0 Å². The second-order valence-electron chi connectivity index (χ2n) is 6.13. The summed E-state index contributed by atoms with van der Waals surface area (Å²) in [7, 11) is 0. The molecule has 0 radical (unpaired) electrons. The summed E-state index contributed by atoms with van der Waals surface area (Å²) in [5, 5.41) is 0. The Hall–Kier alpha value is -1.37. The van der Waals surface area contributed by atoms with Crippen LogP contribution >= 0.6 is 0 Å². The van der Waals surface area contributed by atoms with Gasteiger partial charge in [-0.2, -0.15) is 0 Å². The molecule has 1 nitrogen and oxygen atoms in total. The van der Waals surface area contributed by atoms with E-state index < -0.39 is 0 Å². The first-order valence-electron chi connectivity index (χ1n) is 8.02. The van der Waals surface area contributed by atoms with Gasteiger partial charge in [-0.15, -0.1) is 0 Å². The van der Waals surface area contributed by atoms with E-state index in [1.165, 1.54) is 16.7 Å². The molecule has 0 N–H and O–H groups in total. The molecule has 1 atom stereocenters. The van der Waals surface area contributed by atoms with Gasteiger partial charge in [0.05, 0.1) is 0 Å². The van der Waals surface area contributed by atoms with Gasteiger partial charge in [-0.25, -0.2) is 0 Å². The van der Waals surface area contributed by atoms with E-state index in [0.717, 1.165) is 38.4 Å². The molecular weight excluding hydrogens is 256 g/mol. The number of aldehydes is 1. The second-order valence-corrected chi connectivity index (χ2v) is 6.13. The molecule has 0 aromatic rings. The molecule has 0 aromatic carbocycles. The molecule has 0 rings (SSSR count). The van der Waals surface area contributed by atoms with E-state index >= 15 is 0 Å². The van der Waals surface area contributed by atoms with Crippen LogP contribution < -0.4 is 0 Å². The fraction of sp³-hybridized carbons (Fsp3) is 0.550. The minimum absolute atomic E-state index is 0.0313. The molecule has 0 aromatic heterocycles. The minimum atomic E-state index is 0.0313. The lowest BCUT2D eigenvalue weighted by atomic mass is 10.1. The van der Waals surface area contributed by atoms with Crippen molar-refractivity contribution in [2.24, 2.45) is 5.92 Å². The quantitative estimate of drug-likeness (QED) is 0.266. The van der Waals surface area contributed by atoms with Gasteiger partial charge in [0.2, 0.25) is 0 Å². The minimum Gasteiger partial charge on any atom is -0.303 e. The van der Waals surface area contributed by atoms with Crippen molar-refractivity contribution in [2.75, 3.05) is 0 Å². The zero-order valence-electron chi connectivity index (χ0n) is 14.5. The summed E-state index contributed by atoms with van der Waals surface area (Å²) in [5.74, 6) is 0.0313. The average molecular weight is 288 g/mol. The first-order chi connectivity index (χ1) is 9.95. The first kappa shape index (κ1) is 19.6. The highest BCUT2D eigenvalue weighted by Crippen LogP contribution is 2.11. The van der Waals surface area contributed by atoms with E-state index in [-0.39, 0.29) is 5.92 Å². The van der Waals surface area contributed by atoms with Crippen molar-refractivity contribution < 1.29 is 4.79 Å². The van der Waals surface area contributed by atoms with Gasteiger partial charge < -0.3 is 4.79 Å². The smallest absolute Gasteiger partial charge is 0.126 e. The first-order valence-corrected chi connectivity index (χ1v) is 8.02. The fourth-order valence-corrected chi connectivity index (χ4v) is 1.95. The number of rotatable bonds is 10. The highest BCUT2D eigenvalue weighted by Gasteiger charge is 1.93. The van der Waals surface area contributed by atoms with Gasteiger partial charge in [0.15, 0.2) is 0 Å². The molecule has 0 saturated carbocycles. The summed E-state index contributed by atoms with van der Waals surface area (Å²) < 4.78 is 0. The van der Waals surface area contributed by atoms with Crippen LogP contribution in [0.15, 0.2) is 47.1 Å². The molecule has 0 bridgehead atoms. The van der Waals surface area contributed by atoms with Crippen molar-refractivity contribution in [2.45, 2.75) is 66.7 Å². The Bertz CT molecular complexity index is 404. The van der Waals surface area contributed by atoms with E-state index in [0.29, 0.717) is 0 Å². The molecule has 1 heteroatoms. The monoisotopic (exact) mass is 288 g/mol. The number of unbranched alkanes of at least 4 members (excludes halogenated alkanes) is 1. The van der Waals surface area contributed by atoms with Gasteiger partial charge in [0.1, 0.15) is 6.29 Å². The molecule has 0 saturated heterocycles. The summed E-state index contributed by atoms with van der Waals surface area (Å²) in [5.41, 5.74) is 4.25. The topological polar surface area (TPSA) is 17.1 Å². The number of hydrogen-bond acceptors (Lipinski definition) is 1. The van der Waals surface area contributed by atoms with Crippen LogP contribution in [0.3, 0.4) is 0 Å². The lowest BCUT2D eigenvalue weighted by Gasteiger charge is -2.00. The Labute approximate surface area is 131 Å². The molecule has 0 fully saturated rings. The van der Waals surface area contributed by atoms with Crippen molar-refractivity contribution >= 4 is 6.29 Å². The molecule has 21 heavy (non-hydrogen) atoms. The van der Waals surface area contributed by atoms with Gasteiger partial charge in [0, 0.05) is 5.92 Å². The molecule has 0 heterocycles. The molecule has 0 aliphatic carbocycles. The predicted molar refractivity (Wildman–Crippen MR) is 94.4 cm³/mol. The Morgan fingerprint density at radius 2 is 1.52 bits per heavy atom. The van der Waals surface area contributed by atoms with Crippen molar-refractivity contribution in [3.63, 3.8) is 0 Å². The van der Waals surface area contributed by atoms with E-state index in [2.05, 4.69) is 52.0 Å². The zero-order valence-corrected chi connectivity index (χ0v) is 14.5. The zero-order chi connectivity index (χ0) is 16.1. The van der Waals surface area contributed by atoms with Crippen LogP contribution in [-0.4, -0.2) is 6.29 Å². The number of carbonyl (C=O) groups is 1. The number of allylic oxidation sites excluding steroid dienone is 8. The van der Waals surface area contributed by atoms with Crippen LogP contribution in [0.25, 0.3) is 0 Å². The number of hydrogen-bond donors (Lipinski definition) is 0. The largest absolute Gasteiger partial charge is 0.303 e. The maximum Gasteiger partial charge on any atom is 0.126 e. The third-order valence-corrected chi connectivity index (χ3v) is 3.34. The Morgan fingerprint density at radius 1 is 0.905 bits per heavy atom. The third kappa shape index (κ3) is 13.4. The summed E-state index contributed by atoms with van der Waals surface area (Å²) in [4.78, 5) is 10.5. The van der Waals surface area contributed by atoms with Crippen molar-refractivity contribution in [1.82, 2.24) is 0 Å². The van der Waals surface area contributed by atoms with Crippen LogP contribution in [0.2, 0.25) is 0 Å². The third-order valence-electron chi connectivity index (χ3n) is 3.34. The van der Waals surface area contributed by atoms with Crippen molar-refractivity contribution in [3.8, 4) is 0 Å². The Balaban J connectivity index is 3.96. The predicted octanol–water partition coefficient (Wildman–Crippen LogP) is 6.19. The lowest BCUT2D eigenvalue weighted by Crippen LogP contribution is -1.88. The fourth-order valence-electron chi connectivity index (χ4n) is 1.95. The van der Waals surface area contributed by atoms with Gasteiger partial charge in [-0.1, -0.05) is 54.0 Å². The molecule has 118 valence electrons. The summed E-state index contributed by atoms with van der Waals surface area (Å²) >= 11 is 0. The summed E-state index contributed by atoms with van der Waals surface area (Å²) in [6.07, 6.45) is 17.5. The van der Waals surface area contributed by atoms with E-state index in [9.17, 15) is 4.79 Å². The summed E-state index contributed by atoms with van der Waals surface area (Å²) in [6, 6.07) is 0. The van der Waals surface area contributed by atoms with Crippen LogP contribution in [0.5, 0.6) is 0 Å². The number of carbonyl (C=O) groups excluding carboxylic acids is 1. The molecular formula is C20H32O. The molecule has 0 spiro atoms. The van der Waals surface area contributed by atoms with Crippen LogP contribution in [0.4, 0.5) is 0 Å². The molecule has 0 aliphatic heterocycles. The standard InChI is InChI=1S/C20H32O/c1-17(2)10-6-7-11-18(3)12-8-13-19(4)14-9-15-20(5)16-21/h9-11,13,15-16,20H,6-8,12,14H2,1-5H3. The molecule has 0 aliphatic rings. The molecule has 1 unspecified atom stereocenters. The normalized spacial score (nSPS) is 14.3. The average Bonchev–Trinajstić information content (AvgIpc) is 2.43. The van der Waals surface area contributed by atoms with E-state index in [4.69, 9.17) is 0 Å². The highest BCUT2D eigenvalue weighted by molar-refractivity contribution is 5.55. The lowest BCUT2D eigenvalue weighted by molar-refractivity contribution is -0.109. The maximum absolute atomic E-state index is 10.5. The van der Waals surface area contributed by atoms with Gasteiger partial charge >= 0.3 is 0 Å². The van der Waals surface area contributed by atoms with Gasteiger partial charge in [-0.05, 0) is 59.8 Å². The van der Waals surface area contributed by atoms with Crippen molar-refractivity contribution in [1.29, 1.82) is 0 Å². The molecule has 0 amide bonds. The SMILES string of the molecule is CC(C)=CCCC=C(C)CCC=C(C)CC=CC(C)C=O. The van der Waals surface area contributed by atoms with Crippen molar-refractivity contribution in [3.05, 3.63) is 47.1 Å². The van der Waals surface area contributed by atoms with Gasteiger partial charge in [0.25, 0.3) is 0 Å². The maximum atomic E-state index is 10.5. The van der Waals surface area contributed by atoms with E-state index in [1.807, 2.05) is 13.0 Å². The van der Waals surface area contributed by atoms with Crippen LogP contribution in [-0.2, 0) is 4.79 Å². The van der Waals surface area contributed by atoms with Crippen LogP contribution in [0.1, 0.15) is 66.7 Å². The Morgan fingerprint density at radius 3 is 2.14 bits per heavy atom. The van der Waals surface area contributed by atoms with Crippen LogP contribution in [0, 0.1) is 5.92 Å². The Kier molecular flexibility index (Phi) is 11.6. The van der Waals surface area contributed by atoms with E-state index in [1.54, 1.807) is 0 Å². The second kappa shape index (κ2) is 12.4. The highest BCUT2D eigenvalue weighted by atomic mass is 16.1. The summed E-state index contributed by atoms with van der Waals surface area (Å²) in [6.45, 7) is 10.6.